The van der Waals surface area contributed by atoms with Gasteiger partial charge in [0.15, 0.2) is 0 Å². The summed E-state index contributed by atoms with van der Waals surface area (Å²) >= 11 is 0. The lowest BCUT2D eigenvalue weighted by molar-refractivity contribution is -0.128. The highest BCUT2D eigenvalue weighted by Crippen LogP contribution is 2.26. The highest BCUT2D eigenvalue weighted by atomic mass is 16.2. The normalized spacial score (nSPS) is 22.6. The number of benzene rings is 1. The fourth-order valence-corrected chi connectivity index (χ4v) is 3.25. The number of hydrogen-bond donors (Lipinski definition) is 1. The standard InChI is InChI=1S/C18H23N3O/c19-11-14-6-8-15(9-7-14)12-21-10-2-5-17(13-21)20-18(22)16-3-1-4-16/h6-9,16-17H,1-5,10,12-13H2,(H,20,22). The van der Waals surface area contributed by atoms with Gasteiger partial charge in [0.1, 0.15) is 0 Å². The van der Waals surface area contributed by atoms with Gasteiger partial charge in [-0.15, -0.1) is 0 Å². The van der Waals surface area contributed by atoms with Crippen molar-refractivity contribution in [3.05, 3.63) is 35.4 Å². The second-order valence-corrected chi connectivity index (χ2v) is 6.52. The molecular formula is C18H23N3O. The average molecular weight is 297 g/mol. The molecule has 1 aliphatic carbocycles. The Kier molecular flexibility index (Phi) is 4.74. The predicted molar refractivity (Wildman–Crippen MR) is 84.9 cm³/mol. The number of nitrogens with zero attached hydrogens (tertiary/aromatic N) is 2. The molecule has 0 aromatic heterocycles. The van der Waals surface area contributed by atoms with Crippen molar-refractivity contribution < 1.29 is 4.79 Å². The van der Waals surface area contributed by atoms with Gasteiger partial charge in [0.25, 0.3) is 0 Å². The molecular weight excluding hydrogens is 274 g/mol. The maximum Gasteiger partial charge on any atom is 0.223 e. The Labute approximate surface area is 132 Å². The Balaban J connectivity index is 1.51. The number of piperidine rings is 1. The second-order valence-electron chi connectivity index (χ2n) is 6.52. The molecule has 0 radical (unpaired) electrons. The SMILES string of the molecule is N#Cc1ccc(CN2CCCC(NC(=O)C3CCC3)C2)cc1. The molecule has 0 spiro atoms. The molecule has 116 valence electrons. The van der Waals surface area contributed by atoms with Crippen molar-refractivity contribution >= 4 is 5.91 Å². The number of carbonyl (C=O) groups is 1. The van der Waals surface area contributed by atoms with Gasteiger partial charge in [0, 0.05) is 25.0 Å². The van der Waals surface area contributed by atoms with Gasteiger partial charge in [-0.25, -0.2) is 0 Å². The summed E-state index contributed by atoms with van der Waals surface area (Å²) in [7, 11) is 0. The van der Waals surface area contributed by atoms with E-state index in [0.717, 1.165) is 45.3 Å². The summed E-state index contributed by atoms with van der Waals surface area (Å²) in [6.07, 6.45) is 5.54. The number of hydrogen-bond acceptors (Lipinski definition) is 3. The quantitative estimate of drug-likeness (QED) is 0.928. The lowest BCUT2D eigenvalue weighted by atomic mass is 9.84. The monoisotopic (exact) mass is 297 g/mol. The summed E-state index contributed by atoms with van der Waals surface area (Å²) in [5, 5.41) is 12.1. The zero-order valence-corrected chi connectivity index (χ0v) is 12.9. The number of nitrogens with one attached hydrogen (secondary N) is 1. The summed E-state index contributed by atoms with van der Waals surface area (Å²) in [4.78, 5) is 14.5. The maximum absolute atomic E-state index is 12.1. The molecule has 1 N–H and O–H groups in total. The van der Waals surface area contributed by atoms with E-state index in [1.807, 2.05) is 24.3 Å². The zero-order valence-electron chi connectivity index (χ0n) is 12.9. The van der Waals surface area contributed by atoms with E-state index in [2.05, 4.69) is 16.3 Å². The minimum atomic E-state index is 0.261. The maximum atomic E-state index is 12.1. The first kappa shape index (κ1) is 15.1. The average Bonchev–Trinajstić information content (AvgIpc) is 2.46. The Morgan fingerprint density at radius 2 is 2.00 bits per heavy atom. The van der Waals surface area contributed by atoms with Crippen LogP contribution in [0, 0.1) is 17.2 Å². The topological polar surface area (TPSA) is 56.1 Å². The largest absolute Gasteiger partial charge is 0.352 e. The minimum absolute atomic E-state index is 0.261. The van der Waals surface area contributed by atoms with Gasteiger partial charge in [-0.3, -0.25) is 9.69 Å². The highest BCUT2D eigenvalue weighted by Gasteiger charge is 2.28. The Hall–Kier alpha value is -1.86. The van der Waals surface area contributed by atoms with E-state index < -0.39 is 0 Å². The van der Waals surface area contributed by atoms with Gasteiger partial charge in [-0.05, 0) is 49.9 Å². The van der Waals surface area contributed by atoms with E-state index in [-0.39, 0.29) is 11.8 Å². The van der Waals surface area contributed by atoms with Crippen LogP contribution in [0.4, 0.5) is 0 Å². The number of carbonyl (C=O) groups excluding carboxylic acids is 1. The lowest BCUT2D eigenvalue weighted by Gasteiger charge is -2.35. The first-order valence-electron chi connectivity index (χ1n) is 8.26. The molecule has 1 heterocycles. The van der Waals surface area contributed by atoms with Gasteiger partial charge in [-0.2, -0.15) is 5.26 Å². The molecule has 4 nitrogen and oxygen atoms in total. The first-order chi connectivity index (χ1) is 10.7. The van der Waals surface area contributed by atoms with Crippen LogP contribution >= 0.6 is 0 Å². The Morgan fingerprint density at radius 3 is 2.64 bits per heavy atom. The van der Waals surface area contributed by atoms with Gasteiger partial charge >= 0.3 is 0 Å². The van der Waals surface area contributed by atoms with Gasteiger partial charge < -0.3 is 5.32 Å². The van der Waals surface area contributed by atoms with Gasteiger partial charge in [0.05, 0.1) is 11.6 Å². The molecule has 2 aliphatic rings. The number of likely N-dealkylation sites (tertiary alicyclic amines) is 1. The molecule has 2 fully saturated rings. The smallest absolute Gasteiger partial charge is 0.223 e. The van der Waals surface area contributed by atoms with Gasteiger partial charge in [-0.1, -0.05) is 18.6 Å². The van der Waals surface area contributed by atoms with E-state index in [1.165, 1.54) is 12.0 Å². The molecule has 22 heavy (non-hydrogen) atoms. The molecule has 4 heteroatoms. The molecule has 1 amide bonds. The molecule has 1 saturated carbocycles. The molecule has 1 aromatic carbocycles. The van der Waals surface area contributed by atoms with Crippen LogP contribution in [0.5, 0.6) is 0 Å². The molecule has 1 saturated heterocycles. The summed E-state index contributed by atoms with van der Waals surface area (Å²) < 4.78 is 0. The Bertz CT molecular complexity index is 557. The fraction of sp³-hybridized carbons (Fsp3) is 0.556. The van der Waals surface area contributed by atoms with Crippen molar-refractivity contribution in [3.8, 4) is 6.07 Å². The van der Waals surface area contributed by atoms with Gasteiger partial charge in [0.2, 0.25) is 5.91 Å². The fourth-order valence-electron chi connectivity index (χ4n) is 3.25. The predicted octanol–water partition coefficient (Wildman–Crippen LogP) is 2.44. The van der Waals surface area contributed by atoms with E-state index in [4.69, 9.17) is 5.26 Å². The highest BCUT2D eigenvalue weighted by molar-refractivity contribution is 5.79. The molecule has 1 aromatic rings. The van der Waals surface area contributed by atoms with Crippen LogP contribution in [0.3, 0.4) is 0 Å². The number of nitriles is 1. The number of amides is 1. The van der Waals surface area contributed by atoms with Crippen LogP contribution in [0.15, 0.2) is 24.3 Å². The van der Waals surface area contributed by atoms with E-state index in [9.17, 15) is 4.79 Å². The van der Waals surface area contributed by atoms with Crippen molar-refractivity contribution in [3.63, 3.8) is 0 Å². The van der Waals surface area contributed by atoms with Crippen LogP contribution in [0.2, 0.25) is 0 Å². The van der Waals surface area contributed by atoms with Crippen molar-refractivity contribution in [2.75, 3.05) is 13.1 Å². The van der Waals surface area contributed by atoms with Crippen molar-refractivity contribution in [2.45, 2.75) is 44.7 Å². The minimum Gasteiger partial charge on any atom is -0.352 e. The molecule has 1 unspecified atom stereocenters. The van der Waals surface area contributed by atoms with Crippen molar-refractivity contribution in [1.82, 2.24) is 10.2 Å². The molecule has 1 atom stereocenters. The third kappa shape index (κ3) is 3.66. The second kappa shape index (κ2) is 6.93. The van der Waals surface area contributed by atoms with Crippen LogP contribution < -0.4 is 5.32 Å². The van der Waals surface area contributed by atoms with Crippen molar-refractivity contribution in [2.24, 2.45) is 5.92 Å². The Morgan fingerprint density at radius 1 is 1.23 bits per heavy atom. The van der Waals surface area contributed by atoms with Crippen LogP contribution in [0.1, 0.15) is 43.2 Å². The molecule has 1 aliphatic heterocycles. The van der Waals surface area contributed by atoms with E-state index >= 15 is 0 Å². The van der Waals surface area contributed by atoms with Crippen LogP contribution in [-0.2, 0) is 11.3 Å². The van der Waals surface area contributed by atoms with Crippen LogP contribution in [-0.4, -0.2) is 29.9 Å². The first-order valence-corrected chi connectivity index (χ1v) is 8.26. The van der Waals surface area contributed by atoms with E-state index in [1.54, 1.807) is 0 Å². The third-order valence-electron chi connectivity index (χ3n) is 4.82. The number of rotatable bonds is 4. The molecule has 3 rings (SSSR count). The summed E-state index contributed by atoms with van der Waals surface area (Å²) in [5.41, 5.74) is 1.93. The van der Waals surface area contributed by atoms with E-state index in [0.29, 0.717) is 11.6 Å². The summed E-state index contributed by atoms with van der Waals surface area (Å²) in [6, 6.07) is 10.2. The van der Waals surface area contributed by atoms with Crippen LogP contribution in [0.25, 0.3) is 0 Å². The lowest BCUT2D eigenvalue weighted by Crippen LogP contribution is -2.49. The summed E-state index contributed by atoms with van der Waals surface area (Å²) in [5.74, 6) is 0.533. The van der Waals surface area contributed by atoms with Crippen molar-refractivity contribution in [1.29, 1.82) is 5.26 Å². The molecule has 0 bridgehead atoms. The zero-order chi connectivity index (χ0) is 15.4. The summed E-state index contributed by atoms with van der Waals surface area (Å²) in [6.45, 7) is 2.90. The third-order valence-corrected chi connectivity index (χ3v) is 4.82.